The van der Waals surface area contributed by atoms with E-state index in [0.717, 1.165) is 49.2 Å². The quantitative estimate of drug-likeness (QED) is 0.321. The van der Waals surface area contributed by atoms with E-state index in [-0.39, 0.29) is 0 Å². The topological polar surface area (TPSA) is 58.9 Å². The predicted octanol–water partition coefficient (Wildman–Crippen LogP) is 5.14. The number of benzene rings is 4. The maximum atomic E-state index is 6.21. The smallest absolute Gasteiger partial charge is 0.137 e. The van der Waals surface area contributed by atoms with Crippen LogP contribution in [0.15, 0.2) is 82.8 Å². The van der Waals surface area contributed by atoms with Crippen LogP contribution in [0.2, 0.25) is 0 Å². The molecule has 3 aliphatic heterocycles. The second kappa shape index (κ2) is 10.8. The minimum absolute atomic E-state index is 0.568. The fourth-order valence-electron chi connectivity index (χ4n) is 5.80. The van der Waals surface area contributed by atoms with Crippen molar-refractivity contribution in [3.63, 3.8) is 0 Å². The molecule has 198 valence electrons. The van der Waals surface area contributed by atoms with E-state index in [1.54, 1.807) is 0 Å². The van der Waals surface area contributed by atoms with Crippen LogP contribution in [0.1, 0.15) is 11.1 Å². The van der Waals surface area contributed by atoms with Crippen molar-refractivity contribution >= 4 is 44.6 Å². The molecule has 4 aromatic carbocycles. The van der Waals surface area contributed by atoms with Crippen LogP contribution < -0.4 is 0 Å². The van der Waals surface area contributed by atoms with Gasteiger partial charge in [-0.05, 0) is 22.9 Å². The molecule has 0 spiro atoms. The highest BCUT2D eigenvalue weighted by atomic mass is 16.5. The Morgan fingerprint density at radius 1 is 0.462 bits per heavy atom. The van der Waals surface area contributed by atoms with Crippen molar-refractivity contribution in [1.82, 2.24) is 9.80 Å². The Labute approximate surface area is 228 Å². The van der Waals surface area contributed by atoms with Crippen LogP contribution in [0, 0.1) is 0 Å². The summed E-state index contributed by atoms with van der Waals surface area (Å²) in [5.41, 5.74) is 4.44. The molecule has 7 nitrogen and oxygen atoms in total. The van der Waals surface area contributed by atoms with Gasteiger partial charge in [0.25, 0.3) is 0 Å². The van der Waals surface area contributed by atoms with Gasteiger partial charge in [-0.15, -0.1) is 0 Å². The van der Waals surface area contributed by atoms with Gasteiger partial charge in [-0.3, -0.25) is 0 Å². The van der Waals surface area contributed by atoms with Crippen LogP contribution in [0.4, 0.5) is 11.4 Å². The lowest BCUT2D eigenvalue weighted by Crippen LogP contribution is -2.38. The first-order chi connectivity index (χ1) is 19.4. The van der Waals surface area contributed by atoms with Crippen LogP contribution in [0.3, 0.4) is 0 Å². The van der Waals surface area contributed by atoms with Crippen molar-refractivity contribution in [2.75, 3.05) is 65.8 Å². The van der Waals surface area contributed by atoms with Gasteiger partial charge in [-0.2, -0.15) is 0 Å². The van der Waals surface area contributed by atoms with Gasteiger partial charge in [0.2, 0.25) is 0 Å². The number of hydrogen-bond donors (Lipinski definition) is 0. The van der Waals surface area contributed by atoms with Crippen molar-refractivity contribution in [2.45, 2.75) is 0 Å². The minimum Gasteiger partial charge on any atom is -0.378 e. The number of hydrogen-bond acceptors (Lipinski definition) is 7. The number of aliphatic imine (C=N–C) groups is 2. The summed E-state index contributed by atoms with van der Waals surface area (Å²) in [4.78, 5) is 14.6. The molecule has 0 atom stereocenters. The van der Waals surface area contributed by atoms with Gasteiger partial charge in [0.1, 0.15) is 11.7 Å². The van der Waals surface area contributed by atoms with Gasteiger partial charge in [0, 0.05) is 48.1 Å². The number of amidine groups is 2. The van der Waals surface area contributed by atoms with E-state index in [9.17, 15) is 0 Å². The van der Waals surface area contributed by atoms with E-state index < -0.39 is 0 Å². The SMILES string of the molecule is c1cc2c3c(cccc3c1)C(N1CCOCCOCCN(C3=Nc4cccc5cccc3c45)CCOCC1)=N2. The lowest BCUT2D eigenvalue weighted by Gasteiger charge is -2.26. The summed E-state index contributed by atoms with van der Waals surface area (Å²) in [6.45, 7) is 6.56. The molecule has 0 unspecified atom stereocenters. The second-order valence-corrected chi connectivity index (χ2v) is 10.0. The molecule has 0 aromatic heterocycles. The van der Waals surface area contributed by atoms with Crippen molar-refractivity contribution in [3.8, 4) is 0 Å². The Bertz CT molecular complexity index is 1450. The maximum Gasteiger partial charge on any atom is 0.137 e. The molecule has 1 fully saturated rings. The summed E-state index contributed by atoms with van der Waals surface area (Å²) in [7, 11) is 0. The monoisotopic (exact) mass is 520 g/mol. The van der Waals surface area contributed by atoms with Crippen LogP contribution in [-0.2, 0) is 14.2 Å². The summed E-state index contributed by atoms with van der Waals surface area (Å²) in [5.74, 6) is 2.00. The first-order valence-corrected chi connectivity index (χ1v) is 13.8. The predicted molar refractivity (Wildman–Crippen MR) is 156 cm³/mol. The molecule has 39 heavy (non-hydrogen) atoms. The zero-order chi connectivity index (χ0) is 26.0. The third kappa shape index (κ3) is 4.67. The summed E-state index contributed by atoms with van der Waals surface area (Å²) >= 11 is 0. The number of ether oxygens (including phenoxy) is 3. The molecule has 0 bridgehead atoms. The van der Waals surface area contributed by atoms with Gasteiger partial charge >= 0.3 is 0 Å². The molecule has 3 aliphatic rings. The number of nitrogens with zero attached hydrogens (tertiary/aromatic N) is 4. The fraction of sp³-hybridized carbons (Fsp3) is 0.312. The molecule has 7 heteroatoms. The molecular weight excluding hydrogens is 488 g/mol. The Balaban J connectivity index is 1.07. The lowest BCUT2D eigenvalue weighted by atomic mass is 10.0. The molecule has 1 saturated heterocycles. The van der Waals surface area contributed by atoms with Gasteiger partial charge < -0.3 is 24.0 Å². The molecule has 3 heterocycles. The van der Waals surface area contributed by atoms with Crippen molar-refractivity contribution in [3.05, 3.63) is 83.9 Å². The zero-order valence-electron chi connectivity index (χ0n) is 22.0. The van der Waals surface area contributed by atoms with Crippen molar-refractivity contribution in [1.29, 1.82) is 0 Å². The third-order valence-corrected chi connectivity index (χ3v) is 7.69. The van der Waals surface area contributed by atoms with Gasteiger partial charge in [0.05, 0.1) is 51.0 Å². The average Bonchev–Trinajstić information content (AvgIpc) is 3.53. The zero-order valence-corrected chi connectivity index (χ0v) is 22.0. The van der Waals surface area contributed by atoms with Gasteiger partial charge in [-0.25, -0.2) is 9.98 Å². The Morgan fingerprint density at radius 2 is 0.846 bits per heavy atom. The molecule has 4 aromatic rings. The summed E-state index contributed by atoms with van der Waals surface area (Å²) in [5, 5.41) is 4.90. The highest BCUT2D eigenvalue weighted by molar-refractivity contribution is 6.19. The highest BCUT2D eigenvalue weighted by Gasteiger charge is 2.25. The largest absolute Gasteiger partial charge is 0.378 e. The van der Waals surface area contributed by atoms with Crippen LogP contribution in [-0.4, -0.2) is 87.3 Å². The van der Waals surface area contributed by atoms with E-state index in [2.05, 4.69) is 82.6 Å². The van der Waals surface area contributed by atoms with Crippen LogP contribution in [0.5, 0.6) is 0 Å². The second-order valence-electron chi connectivity index (χ2n) is 10.0. The van der Waals surface area contributed by atoms with E-state index in [1.165, 1.54) is 32.7 Å². The summed E-state index contributed by atoms with van der Waals surface area (Å²) in [6.07, 6.45) is 0. The molecule has 0 radical (unpaired) electrons. The third-order valence-electron chi connectivity index (χ3n) is 7.69. The molecule has 0 saturated carbocycles. The number of rotatable bonds is 0. The Morgan fingerprint density at radius 3 is 1.28 bits per heavy atom. The minimum atomic E-state index is 0.568. The average molecular weight is 521 g/mol. The highest BCUT2D eigenvalue weighted by Crippen LogP contribution is 2.37. The standard InChI is InChI=1S/C32H32N4O3/c1-5-23-7-3-11-27-29(23)25(9-1)31(33-27)35-13-17-37-18-14-36(16-20-39-22-21-38-19-15-35)32-26-10-2-6-24-8-4-12-28(34-32)30(24)26/h1-12H,13-22H2. The van der Waals surface area contributed by atoms with E-state index in [1.807, 2.05) is 0 Å². The Kier molecular flexibility index (Phi) is 6.70. The van der Waals surface area contributed by atoms with E-state index in [0.29, 0.717) is 39.6 Å². The molecule has 0 aliphatic carbocycles. The van der Waals surface area contributed by atoms with Crippen molar-refractivity contribution < 1.29 is 14.2 Å². The van der Waals surface area contributed by atoms with Gasteiger partial charge in [-0.1, -0.05) is 60.7 Å². The summed E-state index contributed by atoms with van der Waals surface area (Å²) in [6, 6.07) is 25.5. The first-order valence-electron chi connectivity index (χ1n) is 13.8. The van der Waals surface area contributed by atoms with Crippen molar-refractivity contribution in [2.24, 2.45) is 9.98 Å². The van der Waals surface area contributed by atoms with Crippen LogP contribution in [0.25, 0.3) is 21.5 Å². The molecule has 0 N–H and O–H groups in total. The molecular formula is C32H32N4O3. The molecule has 0 amide bonds. The van der Waals surface area contributed by atoms with Gasteiger partial charge in [0.15, 0.2) is 0 Å². The summed E-state index contributed by atoms with van der Waals surface area (Å²) < 4.78 is 18.1. The molecule has 7 rings (SSSR count). The lowest BCUT2D eigenvalue weighted by molar-refractivity contribution is 0.0409. The first kappa shape index (κ1) is 24.3. The van der Waals surface area contributed by atoms with Crippen LogP contribution >= 0.6 is 0 Å². The Hall–Kier alpha value is -3.78. The van der Waals surface area contributed by atoms with E-state index >= 15 is 0 Å². The maximum absolute atomic E-state index is 6.21. The normalized spacial score (nSPS) is 18.7. The fourth-order valence-corrected chi connectivity index (χ4v) is 5.80. The van der Waals surface area contributed by atoms with E-state index in [4.69, 9.17) is 24.2 Å².